The summed E-state index contributed by atoms with van der Waals surface area (Å²) in [5, 5.41) is 5.01. The van der Waals surface area contributed by atoms with Gasteiger partial charge in [0.15, 0.2) is 0 Å². The van der Waals surface area contributed by atoms with E-state index in [1.807, 2.05) is 0 Å². The van der Waals surface area contributed by atoms with Gasteiger partial charge in [0.25, 0.3) is 6.71 Å². The molecule has 5 nitrogen and oxygen atoms in total. The van der Waals surface area contributed by atoms with Crippen LogP contribution in [-0.2, 0) is 10.8 Å². The van der Waals surface area contributed by atoms with E-state index >= 15 is 0 Å². The van der Waals surface area contributed by atoms with E-state index in [9.17, 15) is 0 Å². The van der Waals surface area contributed by atoms with E-state index in [1.54, 1.807) is 0 Å². The number of nitrogens with zero attached hydrogens (tertiary/aromatic N) is 5. The van der Waals surface area contributed by atoms with Gasteiger partial charge < -0.3 is 23.8 Å². The summed E-state index contributed by atoms with van der Waals surface area (Å²) in [6.07, 6.45) is 6.52. The first-order valence-corrected chi connectivity index (χ1v) is 36.8. The van der Waals surface area contributed by atoms with E-state index in [-0.39, 0.29) is 17.5 Å². The summed E-state index contributed by atoms with van der Waals surface area (Å²) < 4.78 is 5.15. The Morgan fingerprint density at radius 1 is 0.327 bits per heavy atom. The Labute approximate surface area is 593 Å². The van der Waals surface area contributed by atoms with E-state index in [2.05, 4.69) is 357 Å². The first kappa shape index (κ1) is 59.9. The van der Waals surface area contributed by atoms with Crippen molar-refractivity contribution in [3.63, 3.8) is 0 Å². The highest BCUT2D eigenvalue weighted by Crippen LogP contribution is 2.57. The molecule has 5 aliphatic rings. The lowest BCUT2D eigenvalue weighted by molar-refractivity contribution is 0.222. The van der Waals surface area contributed by atoms with Gasteiger partial charge >= 0.3 is 0 Å². The van der Waals surface area contributed by atoms with Crippen LogP contribution in [0.1, 0.15) is 84.8 Å². The summed E-state index contributed by atoms with van der Waals surface area (Å²) in [5.74, 6) is 1.55. The largest absolute Gasteiger partial charge is 0.365 e. The fourth-order valence-electron chi connectivity index (χ4n) is 19.2. The molecule has 0 amide bonds. The number of anilines is 7. The lowest BCUT2D eigenvalue weighted by atomic mass is 9.33. The highest BCUT2D eigenvalue weighted by Gasteiger charge is 2.51. The second kappa shape index (κ2) is 22.7. The molecule has 0 spiro atoms. The van der Waals surface area contributed by atoms with E-state index < -0.39 is 0 Å². The molecule has 4 atom stereocenters. The van der Waals surface area contributed by atoms with E-state index in [1.165, 1.54) is 148 Å². The van der Waals surface area contributed by atoms with E-state index in [0.29, 0.717) is 12.1 Å². The van der Waals surface area contributed by atoms with Gasteiger partial charge in [-0.2, -0.15) is 0 Å². The second-order valence-corrected chi connectivity index (χ2v) is 31.6. The molecule has 3 fully saturated rings. The predicted octanol–water partition coefficient (Wildman–Crippen LogP) is 23.0. The molecule has 13 aromatic carbocycles. The molecule has 6 heteroatoms. The molecular formula is C95H80BN5. The summed E-state index contributed by atoms with van der Waals surface area (Å²) in [7, 11) is 0. The number of rotatable bonds is 9. The highest BCUT2D eigenvalue weighted by atomic mass is 15.2. The van der Waals surface area contributed by atoms with Gasteiger partial charge in [0, 0.05) is 90.0 Å². The molecule has 0 radical (unpaired) electrons. The third kappa shape index (κ3) is 9.36. The summed E-state index contributed by atoms with van der Waals surface area (Å²) in [6, 6.07) is 113. The molecule has 488 valence electrons. The maximum absolute atomic E-state index is 2.94. The van der Waals surface area contributed by atoms with Crippen molar-refractivity contribution in [1.29, 1.82) is 0 Å². The third-order valence-corrected chi connectivity index (χ3v) is 23.8. The van der Waals surface area contributed by atoms with Crippen molar-refractivity contribution >= 4 is 107 Å². The summed E-state index contributed by atoms with van der Waals surface area (Å²) in [5.41, 5.74) is 31.0. The van der Waals surface area contributed by atoms with Crippen molar-refractivity contribution in [3.05, 3.63) is 302 Å². The number of para-hydroxylation sites is 4. The fraction of sp³-hybridized carbons (Fsp3) is 0.179. The SMILES string of the molecule is CC(C)(C)c1ccc2c(c1)c1cc(C(C)(C)C)ccc1n2-c1cc2c3c(c1)N(c1c(-c4ccccc4)cccc1-c1ccccc1)c1cc(-n4c5ccccc5c5ccccc54)ccc1B3c1ccc(N3C4CC5CCC3C(C5)C4)cc1N2c1c(-c2ccccc2)cccc1-c1ccccc1. The molecule has 4 unspecified atom stereocenters. The third-order valence-electron chi connectivity index (χ3n) is 23.8. The van der Waals surface area contributed by atoms with Gasteiger partial charge in [-0.05, 0) is 177 Å². The highest BCUT2D eigenvalue weighted by molar-refractivity contribution is 7.00. The summed E-state index contributed by atoms with van der Waals surface area (Å²) in [4.78, 5) is 8.45. The molecule has 3 bridgehead atoms. The van der Waals surface area contributed by atoms with Gasteiger partial charge in [-0.15, -0.1) is 0 Å². The molecule has 0 N–H and O–H groups in total. The topological polar surface area (TPSA) is 19.6 Å². The molecule has 20 rings (SSSR count). The zero-order chi connectivity index (χ0) is 67.6. The Morgan fingerprint density at radius 2 is 0.733 bits per heavy atom. The number of aromatic nitrogens is 2. The first-order valence-electron chi connectivity index (χ1n) is 36.8. The van der Waals surface area contributed by atoms with Crippen LogP contribution in [0.4, 0.5) is 39.8 Å². The maximum Gasteiger partial charge on any atom is 0.252 e. The molecule has 101 heavy (non-hydrogen) atoms. The van der Waals surface area contributed by atoms with Crippen LogP contribution in [0.5, 0.6) is 0 Å². The van der Waals surface area contributed by atoms with Gasteiger partial charge in [0.2, 0.25) is 0 Å². The van der Waals surface area contributed by atoms with Gasteiger partial charge in [-0.25, -0.2) is 0 Å². The molecule has 2 saturated carbocycles. The molecule has 1 saturated heterocycles. The average molecular weight is 1300 g/mol. The van der Waals surface area contributed by atoms with Crippen molar-refractivity contribution in [3.8, 4) is 55.9 Å². The Balaban J connectivity index is 0.978. The van der Waals surface area contributed by atoms with Crippen molar-refractivity contribution < 1.29 is 0 Å². The monoisotopic (exact) mass is 1300 g/mol. The van der Waals surface area contributed by atoms with Crippen LogP contribution in [0.3, 0.4) is 0 Å². The minimum absolute atomic E-state index is 0.0770. The van der Waals surface area contributed by atoms with Crippen LogP contribution in [-0.4, -0.2) is 27.9 Å². The quantitative estimate of drug-likeness (QED) is 0.134. The smallest absolute Gasteiger partial charge is 0.252 e. The van der Waals surface area contributed by atoms with Gasteiger partial charge in [0.1, 0.15) is 0 Å². The molecule has 5 heterocycles. The molecule has 3 aliphatic heterocycles. The van der Waals surface area contributed by atoms with Crippen LogP contribution in [0.2, 0.25) is 0 Å². The number of hydrogen-bond donors (Lipinski definition) is 0. The first-order chi connectivity index (χ1) is 49.4. The zero-order valence-corrected chi connectivity index (χ0v) is 58.4. The number of fused-ring (bicyclic) bond motifs is 12. The Kier molecular flexibility index (Phi) is 13.5. The van der Waals surface area contributed by atoms with Crippen LogP contribution in [0.25, 0.3) is 99.5 Å². The lowest BCUT2D eigenvalue weighted by Gasteiger charge is -2.46. The Hall–Kier alpha value is -11.1. The predicted molar refractivity (Wildman–Crippen MR) is 428 cm³/mol. The van der Waals surface area contributed by atoms with Gasteiger partial charge in [0.05, 0.1) is 39.1 Å². The second-order valence-electron chi connectivity index (χ2n) is 31.6. The van der Waals surface area contributed by atoms with Crippen LogP contribution >= 0.6 is 0 Å². The fourth-order valence-corrected chi connectivity index (χ4v) is 19.2. The van der Waals surface area contributed by atoms with Crippen LogP contribution < -0.4 is 31.1 Å². The molecule has 2 aromatic heterocycles. The minimum Gasteiger partial charge on any atom is -0.365 e. The Bertz CT molecular complexity index is 5590. The maximum atomic E-state index is 2.94. The zero-order valence-electron chi connectivity index (χ0n) is 58.4. The number of hydrogen-bond acceptors (Lipinski definition) is 3. The Morgan fingerprint density at radius 3 is 1.20 bits per heavy atom. The summed E-state index contributed by atoms with van der Waals surface area (Å²) in [6.45, 7) is 13.9. The lowest BCUT2D eigenvalue weighted by Crippen LogP contribution is -2.61. The number of benzene rings is 13. The van der Waals surface area contributed by atoms with Gasteiger partial charge in [-0.3, -0.25) is 0 Å². The van der Waals surface area contributed by atoms with Gasteiger partial charge in [-0.1, -0.05) is 260 Å². The standard InChI is InChI=1S/C95H80BN5/c1-94(2,3)66-42-49-85-78(54-66)79-55-67(95(4,5)6)43-50-86(79)99(85)71-58-89-91-90(59-71)101(93-74(63-29-15-9-16-30-63)37-24-38-75(93)64-31-17-10-18-32-64)88-57-69(98-83-39-21-19-33-76(83)77-34-20-22-40-84(77)98)45-47-81(88)96(91)80-46-44-68(97-70-52-60-41-48-82(97)65(51-60)53-70)56-87(80)100(89)92-72(61-25-11-7-12-26-61)35-23-36-73(92)62-27-13-8-14-28-62/h7-40,42-47,49-50,54-60,65,70,82H,41,48,51-53H2,1-6H3. The minimum atomic E-state index is -0.198. The van der Waals surface area contributed by atoms with E-state index in [4.69, 9.17) is 0 Å². The van der Waals surface area contributed by atoms with Crippen molar-refractivity contribution in [2.24, 2.45) is 11.8 Å². The average Bonchev–Trinajstić information content (AvgIpc) is 1.13. The normalized spacial score (nSPS) is 17.5. The van der Waals surface area contributed by atoms with Crippen molar-refractivity contribution in [2.45, 2.75) is 96.6 Å². The van der Waals surface area contributed by atoms with Crippen molar-refractivity contribution in [2.75, 3.05) is 14.7 Å². The summed E-state index contributed by atoms with van der Waals surface area (Å²) >= 11 is 0. The molecular weight excluding hydrogens is 1220 g/mol. The van der Waals surface area contributed by atoms with E-state index in [0.717, 1.165) is 62.5 Å². The van der Waals surface area contributed by atoms with Crippen molar-refractivity contribution in [1.82, 2.24) is 9.13 Å². The van der Waals surface area contributed by atoms with Crippen LogP contribution in [0.15, 0.2) is 291 Å². The molecule has 2 aliphatic carbocycles. The van der Waals surface area contributed by atoms with Crippen LogP contribution in [0, 0.1) is 11.8 Å². The molecule has 15 aromatic rings.